The minimum Gasteiger partial charge on any atom is -0.325 e. The molecule has 1 aliphatic rings. The Morgan fingerprint density at radius 2 is 2.14 bits per heavy atom. The highest BCUT2D eigenvalue weighted by Gasteiger charge is 2.33. The molecule has 0 saturated heterocycles. The van der Waals surface area contributed by atoms with Gasteiger partial charge < -0.3 is 9.47 Å². The van der Waals surface area contributed by atoms with Crippen LogP contribution in [0.15, 0.2) is 41.3 Å². The number of pyridine rings is 1. The first-order valence-corrected chi connectivity index (χ1v) is 9.69. The molecule has 1 atom stereocenters. The standard InChI is InChI=1S/C18H14BrFN8O/c1-10-16-23-24-17(11-3-2-5-21-15(11)20)27(16)8-7-26(10)18(29)12-9-14-22-13(19)4-6-28(14)25-12/h2-6,9-10H,7-8H2,1H3. The van der Waals surface area contributed by atoms with Crippen LogP contribution in [-0.2, 0) is 6.54 Å². The van der Waals surface area contributed by atoms with Crippen molar-refractivity contribution in [3.63, 3.8) is 0 Å². The molecule has 1 unspecified atom stereocenters. The molecule has 1 amide bonds. The number of rotatable bonds is 2. The molecule has 0 bridgehead atoms. The van der Waals surface area contributed by atoms with Crippen LogP contribution in [0.1, 0.15) is 29.3 Å². The van der Waals surface area contributed by atoms with Crippen LogP contribution >= 0.6 is 15.9 Å². The van der Waals surface area contributed by atoms with Crippen molar-refractivity contribution >= 4 is 27.5 Å². The Kier molecular flexibility index (Phi) is 4.12. The van der Waals surface area contributed by atoms with E-state index in [9.17, 15) is 9.18 Å². The largest absolute Gasteiger partial charge is 0.325 e. The number of fused-ring (bicyclic) bond motifs is 2. The van der Waals surface area contributed by atoms with E-state index in [0.717, 1.165) is 0 Å². The summed E-state index contributed by atoms with van der Waals surface area (Å²) in [5.41, 5.74) is 1.16. The van der Waals surface area contributed by atoms with Crippen LogP contribution in [0.5, 0.6) is 0 Å². The lowest BCUT2D eigenvalue weighted by Crippen LogP contribution is -2.41. The van der Waals surface area contributed by atoms with Crippen molar-refractivity contribution < 1.29 is 9.18 Å². The number of hydrogen-bond donors (Lipinski definition) is 0. The van der Waals surface area contributed by atoms with Gasteiger partial charge in [0.15, 0.2) is 23.0 Å². The molecular weight excluding hydrogens is 443 g/mol. The predicted octanol–water partition coefficient (Wildman–Crippen LogP) is 2.50. The van der Waals surface area contributed by atoms with Crippen LogP contribution in [0.25, 0.3) is 17.0 Å². The maximum atomic E-state index is 14.1. The average Bonchev–Trinajstić information content (AvgIpc) is 3.32. The van der Waals surface area contributed by atoms with E-state index < -0.39 is 5.95 Å². The Hall–Kier alpha value is -3.21. The molecule has 0 aliphatic carbocycles. The van der Waals surface area contributed by atoms with E-state index in [0.29, 0.717) is 40.7 Å². The Labute approximate surface area is 172 Å². The van der Waals surface area contributed by atoms with Crippen molar-refractivity contribution in [2.45, 2.75) is 19.5 Å². The number of nitrogens with zero attached hydrogens (tertiary/aromatic N) is 8. The second-order valence-electron chi connectivity index (χ2n) is 6.63. The third-order valence-corrected chi connectivity index (χ3v) is 5.40. The lowest BCUT2D eigenvalue weighted by Gasteiger charge is -2.33. The van der Waals surface area contributed by atoms with Gasteiger partial charge in [0.05, 0.1) is 11.6 Å². The zero-order valence-corrected chi connectivity index (χ0v) is 16.8. The molecule has 4 aromatic rings. The number of hydrogen-bond acceptors (Lipinski definition) is 6. The molecule has 0 N–H and O–H groups in total. The molecule has 0 saturated carbocycles. The Morgan fingerprint density at radius 1 is 1.28 bits per heavy atom. The van der Waals surface area contributed by atoms with Gasteiger partial charge in [-0.05, 0) is 41.1 Å². The Bertz CT molecular complexity index is 1250. The normalized spacial score (nSPS) is 16.2. The third-order valence-electron chi connectivity index (χ3n) is 4.96. The van der Waals surface area contributed by atoms with Crippen LogP contribution in [0.2, 0.25) is 0 Å². The predicted molar refractivity (Wildman–Crippen MR) is 103 cm³/mol. The van der Waals surface area contributed by atoms with Crippen LogP contribution in [0, 0.1) is 5.95 Å². The molecule has 0 spiro atoms. The lowest BCUT2D eigenvalue weighted by atomic mass is 10.1. The molecular formula is C18H14BrFN8O. The summed E-state index contributed by atoms with van der Waals surface area (Å²) in [5.74, 6) is 0.179. The van der Waals surface area contributed by atoms with Crippen molar-refractivity contribution in [1.29, 1.82) is 0 Å². The van der Waals surface area contributed by atoms with Gasteiger partial charge in [-0.25, -0.2) is 14.5 Å². The summed E-state index contributed by atoms with van der Waals surface area (Å²) in [6, 6.07) is 6.32. The van der Waals surface area contributed by atoms with Crippen LogP contribution < -0.4 is 0 Å². The van der Waals surface area contributed by atoms with Gasteiger partial charge in [0.1, 0.15) is 4.60 Å². The molecule has 146 valence electrons. The second-order valence-corrected chi connectivity index (χ2v) is 7.44. The van der Waals surface area contributed by atoms with E-state index >= 15 is 0 Å². The van der Waals surface area contributed by atoms with E-state index in [1.807, 2.05) is 11.5 Å². The van der Waals surface area contributed by atoms with Gasteiger partial charge in [-0.15, -0.1) is 10.2 Å². The minimum absolute atomic E-state index is 0.220. The fraction of sp³-hybridized carbons (Fsp3) is 0.222. The van der Waals surface area contributed by atoms with Crippen LogP contribution in [0.3, 0.4) is 0 Å². The van der Waals surface area contributed by atoms with E-state index in [4.69, 9.17) is 0 Å². The fourth-order valence-corrected chi connectivity index (χ4v) is 3.82. The first kappa shape index (κ1) is 17.9. The molecule has 0 radical (unpaired) electrons. The van der Waals surface area contributed by atoms with Gasteiger partial charge in [-0.1, -0.05) is 0 Å². The van der Waals surface area contributed by atoms with Crippen molar-refractivity contribution in [2.24, 2.45) is 0 Å². The quantitative estimate of drug-likeness (QED) is 0.339. The summed E-state index contributed by atoms with van der Waals surface area (Å²) >= 11 is 3.31. The summed E-state index contributed by atoms with van der Waals surface area (Å²) in [5, 5.41) is 12.7. The molecule has 0 aromatic carbocycles. The minimum atomic E-state index is -0.600. The van der Waals surface area contributed by atoms with Crippen LogP contribution in [-0.4, -0.2) is 51.7 Å². The molecule has 4 aromatic heterocycles. The van der Waals surface area contributed by atoms with E-state index in [2.05, 4.69) is 41.2 Å². The van der Waals surface area contributed by atoms with E-state index in [1.165, 1.54) is 6.20 Å². The summed E-state index contributed by atoms with van der Waals surface area (Å²) in [4.78, 5) is 22.8. The number of carbonyl (C=O) groups is 1. The lowest BCUT2D eigenvalue weighted by molar-refractivity contribution is 0.0632. The topological polar surface area (TPSA) is 94.1 Å². The zero-order chi connectivity index (χ0) is 20.1. The highest BCUT2D eigenvalue weighted by molar-refractivity contribution is 9.10. The molecule has 5 rings (SSSR count). The maximum absolute atomic E-state index is 14.1. The third kappa shape index (κ3) is 2.89. The highest BCUT2D eigenvalue weighted by Crippen LogP contribution is 2.30. The summed E-state index contributed by atoms with van der Waals surface area (Å²) in [7, 11) is 0. The van der Waals surface area contributed by atoms with Crippen molar-refractivity contribution in [3.8, 4) is 11.4 Å². The number of amides is 1. The molecule has 5 heterocycles. The Morgan fingerprint density at radius 3 is 2.97 bits per heavy atom. The summed E-state index contributed by atoms with van der Waals surface area (Å²) < 4.78 is 18.1. The van der Waals surface area contributed by atoms with Crippen molar-refractivity contribution in [3.05, 3.63) is 58.7 Å². The second kappa shape index (κ2) is 6.69. The first-order chi connectivity index (χ1) is 14.0. The van der Waals surface area contributed by atoms with Gasteiger partial charge in [0, 0.05) is 31.5 Å². The van der Waals surface area contributed by atoms with E-state index in [-0.39, 0.29) is 17.5 Å². The zero-order valence-electron chi connectivity index (χ0n) is 15.2. The summed E-state index contributed by atoms with van der Waals surface area (Å²) in [6.45, 7) is 2.73. The number of aromatic nitrogens is 7. The molecule has 29 heavy (non-hydrogen) atoms. The van der Waals surface area contributed by atoms with Crippen molar-refractivity contribution in [1.82, 2.24) is 39.2 Å². The first-order valence-electron chi connectivity index (χ1n) is 8.90. The van der Waals surface area contributed by atoms with Gasteiger partial charge in [0.2, 0.25) is 5.95 Å². The molecule has 0 fully saturated rings. The molecule has 9 nitrogen and oxygen atoms in total. The average molecular weight is 457 g/mol. The SMILES string of the molecule is CC1c2nnc(-c3cccnc3F)n2CCN1C(=O)c1cc2nc(Br)ccn2n1. The van der Waals surface area contributed by atoms with Gasteiger partial charge in [-0.3, -0.25) is 4.79 Å². The monoisotopic (exact) mass is 456 g/mol. The number of carbonyl (C=O) groups excluding carboxylic acids is 1. The maximum Gasteiger partial charge on any atom is 0.275 e. The van der Waals surface area contributed by atoms with Gasteiger partial charge >= 0.3 is 0 Å². The van der Waals surface area contributed by atoms with Gasteiger partial charge in [-0.2, -0.15) is 9.49 Å². The Balaban J connectivity index is 1.47. The summed E-state index contributed by atoms with van der Waals surface area (Å²) in [6.07, 6.45) is 3.12. The fourth-order valence-electron chi connectivity index (χ4n) is 3.52. The smallest absolute Gasteiger partial charge is 0.275 e. The molecule has 1 aliphatic heterocycles. The number of halogens is 2. The highest BCUT2D eigenvalue weighted by atomic mass is 79.9. The van der Waals surface area contributed by atoms with E-state index in [1.54, 1.807) is 39.9 Å². The van der Waals surface area contributed by atoms with Crippen LogP contribution in [0.4, 0.5) is 4.39 Å². The van der Waals surface area contributed by atoms with Crippen molar-refractivity contribution in [2.75, 3.05) is 6.54 Å². The molecule has 11 heteroatoms. The van der Waals surface area contributed by atoms with Gasteiger partial charge in [0.25, 0.3) is 5.91 Å².